The number of anilines is 2. The highest BCUT2D eigenvalue weighted by atomic mass is 35.5. The van der Waals surface area contributed by atoms with E-state index in [1.54, 1.807) is 6.33 Å². The molecule has 1 fully saturated rings. The van der Waals surface area contributed by atoms with Gasteiger partial charge in [0.05, 0.1) is 10.0 Å². The summed E-state index contributed by atoms with van der Waals surface area (Å²) in [6.45, 7) is 2.98. The van der Waals surface area contributed by atoms with Gasteiger partial charge in [-0.1, -0.05) is 29.3 Å². The third-order valence-electron chi connectivity index (χ3n) is 4.88. The van der Waals surface area contributed by atoms with E-state index in [-0.39, 0.29) is 0 Å². The fourth-order valence-corrected chi connectivity index (χ4v) is 3.67. The van der Waals surface area contributed by atoms with Crippen LogP contribution in [-0.4, -0.2) is 55.1 Å². The first-order valence-electron chi connectivity index (χ1n) is 8.82. The summed E-state index contributed by atoms with van der Waals surface area (Å²) in [5, 5.41) is 1.22. The Labute approximate surface area is 165 Å². The van der Waals surface area contributed by atoms with Gasteiger partial charge in [0, 0.05) is 46.3 Å². The minimum Gasteiger partial charge on any atom is -0.363 e. The Balaban J connectivity index is 1.67. The molecule has 1 saturated heterocycles. The molecule has 2 heterocycles. The van der Waals surface area contributed by atoms with Gasteiger partial charge in [0.2, 0.25) is 0 Å². The first-order chi connectivity index (χ1) is 12.4. The van der Waals surface area contributed by atoms with E-state index in [4.69, 9.17) is 23.2 Å². The number of piperidine rings is 1. The van der Waals surface area contributed by atoms with Gasteiger partial charge in [0.15, 0.2) is 0 Å². The summed E-state index contributed by atoms with van der Waals surface area (Å²) in [5.41, 5.74) is 1.19. The Morgan fingerprint density at radius 1 is 1.08 bits per heavy atom. The molecule has 1 aromatic carbocycles. The lowest BCUT2D eigenvalue weighted by Gasteiger charge is -2.38. The highest BCUT2D eigenvalue weighted by Gasteiger charge is 2.24. The lowest BCUT2D eigenvalue weighted by Crippen LogP contribution is -2.46. The van der Waals surface area contributed by atoms with Crippen LogP contribution >= 0.6 is 23.2 Å². The number of halogens is 2. The van der Waals surface area contributed by atoms with E-state index < -0.39 is 0 Å². The fraction of sp³-hybridized carbons (Fsp3) is 0.474. The first kappa shape index (κ1) is 19.2. The molecule has 5 nitrogen and oxygen atoms in total. The van der Waals surface area contributed by atoms with Crippen LogP contribution in [0.15, 0.2) is 30.6 Å². The molecule has 0 radical (unpaired) electrons. The maximum absolute atomic E-state index is 6.15. The molecule has 3 rings (SSSR count). The molecular weight excluding hydrogens is 369 g/mol. The Hall–Kier alpha value is -1.56. The maximum atomic E-state index is 6.15. The van der Waals surface area contributed by atoms with E-state index in [2.05, 4.69) is 32.9 Å². The van der Waals surface area contributed by atoms with E-state index in [1.807, 2.05) is 37.2 Å². The Bertz CT molecular complexity index is 752. The van der Waals surface area contributed by atoms with Gasteiger partial charge >= 0.3 is 0 Å². The highest BCUT2D eigenvalue weighted by Crippen LogP contribution is 2.26. The molecule has 0 N–H and O–H groups in total. The molecule has 0 amide bonds. The van der Waals surface area contributed by atoms with Crippen molar-refractivity contribution in [1.82, 2.24) is 14.9 Å². The molecule has 1 atom stereocenters. The van der Waals surface area contributed by atoms with E-state index in [0.29, 0.717) is 16.1 Å². The first-order valence-corrected chi connectivity index (χ1v) is 9.58. The van der Waals surface area contributed by atoms with Crippen LogP contribution in [-0.2, 0) is 6.54 Å². The van der Waals surface area contributed by atoms with E-state index in [9.17, 15) is 0 Å². The van der Waals surface area contributed by atoms with E-state index in [0.717, 1.165) is 37.7 Å². The number of benzene rings is 1. The van der Waals surface area contributed by atoms with Gasteiger partial charge in [-0.15, -0.1) is 0 Å². The summed E-state index contributed by atoms with van der Waals surface area (Å²) < 4.78 is 0. The molecule has 0 spiro atoms. The van der Waals surface area contributed by atoms with Gasteiger partial charge in [-0.25, -0.2) is 9.97 Å². The molecule has 140 valence electrons. The standard InChI is InChI=1S/C19H25Cl2N5/c1-24(2)18-10-19(23-13-22-18)25(3)15-5-4-8-26(12-15)11-14-6-7-16(20)17(21)9-14/h6-7,9-10,13,15H,4-5,8,11-12H2,1-3H3. The van der Waals surface area contributed by atoms with Gasteiger partial charge in [0.1, 0.15) is 18.0 Å². The van der Waals surface area contributed by atoms with Crippen molar-refractivity contribution < 1.29 is 0 Å². The molecule has 0 aliphatic carbocycles. The number of rotatable bonds is 5. The van der Waals surface area contributed by atoms with Crippen molar-refractivity contribution in [3.8, 4) is 0 Å². The normalized spacial score (nSPS) is 18.0. The fourth-order valence-electron chi connectivity index (χ4n) is 3.35. The van der Waals surface area contributed by atoms with Crippen LogP contribution in [0.2, 0.25) is 10.0 Å². The van der Waals surface area contributed by atoms with Crippen LogP contribution in [0.5, 0.6) is 0 Å². The minimum atomic E-state index is 0.427. The molecule has 1 unspecified atom stereocenters. The predicted molar refractivity (Wildman–Crippen MR) is 110 cm³/mol. The summed E-state index contributed by atoms with van der Waals surface area (Å²) in [7, 11) is 6.10. The largest absolute Gasteiger partial charge is 0.363 e. The van der Waals surface area contributed by atoms with Gasteiger partial charge in [-0.2, -0.15) is 0 Å². The zero-order chi connectivity index (χ0) is 18.7. The van der Waals surface area contributed by atoms with Gasteiger partial charge < -0.3 is 9.80 Å². The zero-order valence-corrected chi connectivity index (χ0v) is 17.0. The summed E-state index contributed by atoms with van der Waals surface area (Å²) in [5.74, 6) is 1.88. The Morgan fingerprint density at radius 3 is 2.58 bits per heavy atom. The van der Waals surface area contributed by atoms with E-state index >= 15 is 0 Å². The zero-order valence-electron chi connectivity index (χ0n) is 15.5. The Kier molecular flexibility index (Phi) is 6.22. The second-order valence-corrected chi connectivity index (χ2v) is 7.83. The second-order valence-electron chi connectivity index (χ2n) is 7.02. The number of hydrogen-bond acceptors (Lipinski definition) is 5. The molecular formula is C19H25Cl2N5. The molecule has 0 saturated carbocycles. The predicted octanol–water partition coefficient (Wildman–Crippen LogP) is 3.95. The summed E-state index contributed by atoms with van der Waals surface area (Å²) in [6.07, 6.45) is 3.97. The minimum absolute atomic E-state index is 0.427. The molecule has 1 aliphatic rings. The SMILES string of the molecule is CN(C)c1cc(N(C)C2CCCN(Cc3ccc(Cl)c(Cl)c3)C2)ncn1. The molecule has 2 aromatic rings. The summed E-state index contributed by atoms with van der Waals surface area (Å²) in [6, 6.07) is 8.35. The average Bonchev–Trinajstić information content (AvgIpc) is 2.64. The highest BCUT2D eigenvalue weighted by molar-refractivity contribution is 6.42. The topological polar surface area (TPSA) is 35.5 Å². The van der Waals surface area contributed by atoms with Crippen LogP contribution in [0.3, 0.4) is 0 Å². The van der Waals surface area contributed by atoms with Crippen LogP contribution in [0.1, 0.15) is 18.4 Å². The quantitative estimate of drug-likeness (QED) is 0.768. The number of nitrogens with zero attached hydrogens (tertiary/aromatic N) is 5. The summed E-state index contributed by atoms with van der Waals surface area (Å²) in [4.78, 5) is 15.5. The van der Waals surface area contributed by atoms with Crippen molar-refractivity contribution in [2.75, 3.05) is 44.0 Å². The van der Waals surface area contributed by atoms with Crippen molar-refractivity contribution in [2.45, 2.75) is 25.4 Å². The van der Waals surface area contributed by atoms with Crippen molar-refractivity contribution in [2.24, 2.45) is 0 Å². The Morgan fingerprint density at radius 2 is 1.85 bits per heavy atom. The van der Waals surface area contributed by atoms with Gasteiger partial charge in [-0.3, -0.25) is 4.90 Å². The number of likely N-dealkylation sites (N-methyl/N-ethyl adjacent to an activating group) is 1. The van der Waals surface area contributed by atoms with Crippen molar-refractivity contribution in [1.29, 1.82) is 0 Å². The molecule has 1 aliphatic heterocycles. The average molecular weight is 394 g/mol. The smallest absolute Gasteiger partial charge is 0.134 e. The van der Waals surface area contributed by atoms with Crippen molar-refractivity contribution in [3.05, 3.63) is 46.2 Å². The molecule has 0 bridgehead atoms. The number of likely N-dealkylation sites (tertiary alicyclic amines) is 1. The second kappa shape index (κ2) is 8.42. The number of hydrogen-bond donors (Lipinski definition) is 0. The monoisotopic (exact) mass is 393 g/mol. The number of aromatic nitrogens is 2. The molecule has 7 heteroatoms. The lowest BCUT2D eigenvalue weighted by molar-refractivity contribution is 0.198. The lowest BCUT2D eigenvalue weighted by atomic mass is 10.0. The third kappa shape index (κ3) is 4.58. The van der Waals surface area contributed by atoms with Crippen LogP contribution < -0.4 is 9.80 Å². The van der Waals surface area contributed by atoms with Crippen molar-refractivity contribution >= 4 is 34.8 Å². The molecule has 26 heavy (non-hydrogen) atoms. The van der Waals surface area contributed by atoms with Crippen LogP contribution in [0.25, 0.3) is 0 Å². The summed E-state index contributed by atoms with van der Waals surface area (Å²) >= 11 is 12.2. The van der Waals surface area contributed by atoms with Crippen LogP contribution in [0, 0.1) is 0 Å². The molecule has 1 aromatic heterocycles. The van der Waals surface area contributed by atoms with Crippen molar-refractivity contribution in [3.63, 3.8) is 0 Å². The van der Waals surface area contributed by atoms with Gasteiger partial charge in [0.25, 0.3) is 0 Å². The van der Waals surface area contributed by atoms with Crippen LogP contribution in [0.4, 0.5) is 11.6 Å². The van der Waals surface area contributed by atoms with Gasteiger partial charge in [-0.05, 0) is 37.1 Å². The third-order valence-corrected chi connectivity index (χ3v) is 5.62. The van der Waals surface area contributed by atoms with E-state index in [1.165, 1.54) is 12.0 Å². The maximum Gasteiger partial charge on any atom is 0.134 e.